The highest BCUT2D eigenvalue weighted by atomic mass is 16.5. The Morgan fingerprint density at radius 1 is 0.913 bits per heavy atom. The Morgan fingerprint density at radius 2 is 1.61 bits per heavy atom. The zero-order valence-electron chi connectivity index (χ0n) is 12.9. The molecule has 0 radical (unpaired) electrons. The Balaban J connectivity index is 1.57. The summed E-state index contributed by atoms with van der Waals surface area (Å²) in [4.78, 5) is 11.6. The van der Waals surface area contributed by atoms with Gasteiger partial charge >= 0.3 is 5.97 Å². The molecule has 2 aromatic rings. The highest BCUT2D eigenvalue weighted by molar-refractivity contribution is 5.89. The molecule has 2 rings (SSSR count). The lowest BCUT2D eigenvalue weighted by molar-refractivity contribution is 0.0663. The van der Waals surface area contributed by atoms with Crippen LogP contribution in [0.4, 0.5) is 0 Å². The molecule has 0 heterocycles. The first-order chi connectivity index (χ1) is 11.4. The third-order valence-corrected chi connectivity index (χ3v) is 3.05. The summed E-state index contributed by atoms with van der Waals surface area (Å²) in [6.07, 6.45) is 7.69. The lowest BCUT2D eigenvalue weighted by atomic mass is 10.2. The summed E-state index contributed by atoms with van der Waals surface area (Å²) in [5.74, 6) is -0.360. The summed E-state index contributed by atoms with van der Waals surface area (Å²) in [6.45, 7) is 1.28. The minimum atomic E-state index is -0.360. The van der Waals surface area contributed by atoms with Crippen LogP contribution >= 0.6 is 0 Å². The first kappa shape index (κ1) is 16.7. The number of allylic oxidation sites excluding steroid dienone is 2. The third kappa shape index (κ3) is 6.76. The number of rotatable bonds is 8. The molecule has 0 aromatic heterocycles. The van der Waals surface area contributed by atoms with Crippen molar-refractivity contribution in [1.29, 1.82) is 0 Å². The van der Waals surface area contributed by atoms with Gasteiger partial charge in [0, 0.05) is 0 Å². The van der Waals surface area contributed by atoms with Crippen LogP contribution in [0.25, 0.3) is 0 Å². The van der Waals surface area contributed by atoms with E-state index in [0.717, 1.165) is 6.42 Å². The van der Waals surface area contributed by atoms with Crippen molar-refractivity contribution in [1.82, 2.24) is 0 Å². The average Bonchev–Trinajstić information content (AvgIpc) is 2.61. The van der Waals surface area contributed by atoms with Gasteiger partial charge in [0.05, 0.1) is 25.0 Å². The van der Waals surface area contributed by atoms with Crippen molar-refractivity contribution >= 4 is 5.97 Å². The van der Waals surface area contributed by atoms with E-state index in [9.17, 15) is 4.79 Å². The van der Waals surface area contributed by atoms with E-state index in [-0.39, 0.29) is 5.97 Å². The van der Waals surface area contributed by atoms with Gasteiger partial charge < -0.3 is 9.47 Å². The first-order valence-corrected chi connectivity index (χ1v) is 7.55. The Bertz CT molecular complexity index is 630. The Hall–Kier alpha value is -2.65. The van der Waals surface area contributed by atoms with Crippen molar-refractivity contribution in [3.8, 4) is 0 Å². The van der Waals surface area contributed by atoms with Crippen LogP contribution in [0.1, 0.15) is 22.3 Å². The molecule has 0 bridgehead atoms. The Labute approximate surface area is 136 Å². The van der Waals surface area contributed by atoms with Crippen molar-refractivity contribution in [2.75, 3.05) is 6.61 Å². The molecule has 0 aliphatic rings. The van der Waals surface area contributed by atoms with Gasteiger partial charge in [0.25, 0.3) is 0 Å². The van der Waals surface area contributed by atoms with E-state index in [0.29, 0.717) is 18.8 Å². The molecule has 0 aliphatic carbocycles. The summed E-state index contributed by atoms with van der Waals surface area (Å²) in [5.41, 5.74) is 1.71. The maximum Gasteiger partial charge on any atom is 0.342 e. The molecule has 0 saturated carbocycles. The lowest BCUT2D eigenvalue weighted by Gasteiger charge is -2.01. The highest BCUT2D eigenvalue weighted by Crippen LogP contribution is 2.02. The van der Waals surface area contributed by atoms with Crippen LogP contribution < -0.4 is 0 Å². The first-order valence-electron chi connectivity index (χ1n) is 7.55. The van der Waals surface area contributed by atoms with Gasteiger partial charge in [-0.3, -0.25) is 0 Å². The summed E-state index contributed by atoms with van der Waals surface area (Å²) >= 11 is 0. The Kier molecular flexibility index (Phi) is 7.37. The number of hydrogen-bond donors (Lipinski definition) is 0. The predicted octanol–water partition coefficient (Wildman–Crippen LogP) is 4.52. The van der Waals surface area contributed by atoms with Gasteiger partial charge in [0.1, 0.15) is 0 Å². The zero-order chi connectivity index (χ0) is 16.2. The molecule has 3 heteroatoms. The average molecular weight is 308 g/mol. The number of carbonyl (C=O) groups excluding carboxylic acids is 1. The number of ether oxygens (including phenoxy) is 2. The minimum Gasteiger partial charge on any atom is -0.431 e. The topological polar surface area (TPSA) is 35.5 Å². The van der Waals surface area contributed by atoms with Gasteiger partial charge in [-0.05, 0) is 30.2 Å². The monoisotopic (exact) mass is 308 g/mol. The van der Waals surface area contributed by atoms with Gasteiger partial charge in [0.2, 0.25) is 0 Å². The molecule has 0 aliphatic heterocycles. The quantitative estimate of drug-likeness (QED) is 0.311. The summed E-state index contributed by atoms with van der Waals surface area (Å²) in [5, 5.41) is 0. The maximum absolute atomic E-state index is 11.6. The molecular weight excluding hydrogens is 288 g/mol. The zero-order valence-corrected chi connectivity index (χ0v) is 12.9. The molecule has 0 spiro atoms. The van der Waals surface area contributed by atoms with E-state index in [2.05, 4.69) is 0 Å². The number of esters is 1. The fourth-order valence-corrected chi connectivity index (χ4v) is 1.88. The molecule has 0 amide bonds. The molecule has 2 aromatic carbocycles. The van der Waals surface area contributed by atoms with Crippen LogP contribution in [0.3, 0.4) is 0 Å². The van der Waals surface area contributed by atoms with Crippen LogP contribution in [0.2, 0.25) is 0 Å². The van der Waals surface area contributed by atoms with Crippen molar-refractivity contribution in [3.63, 3.8) is 0 Å². The largest absolute Gasteiger partial charge is 0.431 e. The Morgan fingerprint density at radius 3 is 2.35 bits per heavy atom. The molecule has 118 valence electrons. The van der Waals surface area contributed by atoms with E-state index < -0.39 is 0 Å². The SMILES string of the molecule is O=C(O/C=C\C=C\CCOCc1ccccc1)c1ccccc1. The van der Waals surface area contributed by atoms with Crippen LogP contribution in [0.5, 0.6) is 0 Å². The maximum atomic E-state index is 11.6. The predicted molar refractivity (Wildman–Crippen MR) is 90.9 cm³/mol. The van der Waals surface area contributed by atoms with Gasteiger partial charge in [-0.25, -0.2) is 4.79 Å². The van der Waals surface area contributed by atoms with E-state index in [1.807, 2.05) is 48.6 Å². The molecule has 23 heavy (non-hydrogen) atoms. The second kappa shape index (κ2) is 10.1. The van der Waals surface area contributed by atoms with Crippen LogP contribution in [-0.4, -0.2) is 12.6 Å². The van der Waals surface area contributed by atoms with Gasteiger partial charge in [-0.15, -0.1) is 0 Å². The van der Waals surface area contributed by atoms with Crippen molar-refractivity contribution in [3.05, 3.63) is 96.3 Å². The van der Waals surface area contributed by atoms with Crippen molar-refractivity contribution in [2.24, 2.45) is 0 Å². The van der Waals surface area contributed by atoms with Gasteiger partial charge in [-0.2, -0.15) is 0 Å². The van der Waals surface area contributed by atoms with E-state index in [1.54, 1.807) is 30.3 Å². The number of carbonyl (C=O) groups is 1. The van der Waals surface area contributed by atoms with Gasteiger partial charge in [0.15, 0.2) is 0 Å². The summed E-state index contributed by atoms with van der Waals surface area (Å²) in [6, 6.07) is 19.0. The molecule has 0 atom stereocenters. The van der Waals surface area contributed by atoms with Crippen LogP contribution in [0, 0.1) is 0 Å². The molecule has 0 unspecified atom stereocenters. The van der Waals surface area contributed by atoms with Crippen molar-refractivity contribution < 1.29 is 14.3 Å². The third-order valence-electron chi connectivity index (χ3n) is 3.05. The molecule has 0 N–H and O–H groups in total. The molecule has 0 fully saturated rings. The molecular formula is C20H20O3. The molecule has 0 saturated heterocycles. The van der Waals surface area contributed by atoms with E-state index >= 15 is 0 Å². The van der Waals surface area contributed by atoms with E-state index in [4.69, 9.17) is 9.47 Å². The van der Waals surface area contributed by atoms with Crippen LogP contribution in [0.15, 0.2) is 85.2 Å². The highest BCUT2D eigenvalue weighted by Gasteiger charge is 2.02. The summed E-state index contributed by atoms with van der Waals surface area (Å²) in [7, 11) is 0. The fourth-order valence-electron chi connectivity index (χ4n) is 1.88. The normalized spacial score (nSPS) is 11.1. The smallest absolute Gasteiger partial charge is 0.342 e. The van der Waals surface area contributed by atoms with E-state index in [1.165, 1.54) is 11.8 Å². The minimum absolute atomic E-state index is 0.360. The number of hydrogen-bond acceptors (Lipinski definition) is 3. The number of benzene rings is 2. The molecule has 3 nitrogen and oxygen atoms in total. The standard InChI is InChI=1S/C20H20O3/c21-20(19-13-7-4-8-14-19)23-16-10-2-1-9-15-22-17-18-11-5-3-6-12-18/h1-8,10-14,16H,9,15,17H2/b2-1+,16-10-. The fraction of sp³-hybridized carbons (Fsp3) is 0.150. The second-order valence-electron chi connectivity index (χ2n) is 4.85. The van der Waals surface area contributed by atoms with Crippen LogP contribution in [-0.2, 0) is 16.1 Å². The lowest BCUT2D eigenvalue weighted by Crippen LogP contribution is -1.99. The second-order valence-corrected chi connectivity index (χ2v) is 4.85. The van der Waals surface area contributed by atoms with Gasteiger partial charge in [-0.1, -0.05) is 60.7 Å². The summed E-state index contributed by atoms with van der Waals surface area (Å²) < 4.78 is 10.6. The van der Waals surface area contributed by atoms with Crippen molar-refractivity contribution in [2.45, 2.75) is 13.0 Å².